The second-order valence-corrected chi connectivity index (χ2v) is 4.59. The molecule has 0 saturated heterocycles. The van der Waals surface area contributed by atoms with Gasteiger partial charge in [-0.05, 0) is 26.3 Å². The first-order valence-corrected chi connectivity index (χ1v) is 6.45. The summed E-state index contributed by atoms with van der Waals surface area (Å²) < 4.78 is 5.57. The second-order valence-electron chi connectivity index (χ2n) is 4.59. The number of nitrogens with zero attached hydrogens (tertiary/aromatic N) is 1. The Kier molecular flexibility index (Phi) is 4.00. The van der Waals surface area contributed by atoms with Crippen LogP contribution in [0.15, 0.2) is 33.8 Å². The van der Waals surface area contributed by atoms with E-state index in [1.807, 2.05) is 38.1 Å². The molecular formula is C15H18N2O2. The normalized spacial score (nSPS) is 11.8. The lowest BCUT2D eigenvalue weighted by Crippen LogP contribution is -2.19. The van der Waals surface area contributed by atoms with Gasteiger partial charge in [0.15, 0.2) is 5.76 Å². The molecule has 0 unspecified atom stereocenters. The van der Waals surface area contributed by atoms with Crippen molar-refractivity contribution >= 4 is 22.6 Å². The van der Waals surface area contributed by atoms with E-state index in [9.17, 15) is 4.79 Å². The van der Waals surface area contributed by atoms with Gasteiger partial charge in [0.05, 0.1) is 0 Å². The number of furan rings is 1. The lowest BCUT2D eigenvalue weighted by atomic mass is 10.1. The monoisotopic (exact) mass is 258 g/mol. The lowest BCUT2D eigenvalue weighted by molar-refractivity contribution is 0.0928. The number of rotatable bonds is 4. The average molecular weight is 258 g/mol. The molecule has 4 nitrogen and oxygen atoms in total. The van der Waals surface area contributed by atoms with Crippen molar-refractivity contribution in [2.45, 2.75) is 33.6 Å². The van der Waals surface area contributed by atoms with Gasteiger partial charge in [0, 0.05) is 16.7 Å². The number of carbonyl (C=O) groups is 1. The van der Waals surface area contributed by atoms with Gasteiger partial charge in [-0.3, -0.25) is 4.79 Å². The Hall–Kier alpha value is -2.10. The van der Waals surface area contributed by atoms with Crippen molar-refractivity contribution in [1.82, 2.24) is 5.43 Å². The van der Waals surface area contributed by atoms with E-state index in [2.05, 4.69) is 17.5 Å². The van der Waals surface area contributed by atoms with Crippen LogP contribution in [0.1, 0.15) is 42.8 Å². The molecule has 0 radical (unpaired) electrons. The van der Waals surface area contributed by atoms with Crippen LogP contribution in [0.2, 0.25) is 0 Å². The minimum atomic E-state index is -0.302. The fourth-order valence-electron chi connectivity index (χ4n) is 2.01. The number of amides is 1. The van der Waals surface area contributed by atoms with Gasteiger partial charge in [-0.1, -0.05) is 31.5 Å². The molecule has 0 atom stereocenters. The number of hydrazone groups is 1. The Morgan fingerprint density at radius 3 is 2.79 bits per heavy atom. The Morgan fingerprint density at radius 1 is 1.37 bits per heavy atom. The molecule has 19 heavy (non-hydrogen) atoms. The minimum Gasteiger partial charge on any atom is -0.451 e. The number of hydrogen-bond donors (Lipinski definition) is 1. The molecular weight excluding hydrogens is 240 g/mol. The predicted molar refractivity (Wildman–Crippen MR) is 76.4 cm³/mol. The first kappa shape index (κ1) is 13.3. The summed E-state index contributed by atoms with van der Waals surface area (Å²) in [6, 6.07) is 7.61. The van der Waals surface area contributed by atoms with Crippen LogP contribution >= 0.6 is 0 Å². The minimum absolute atomic E-state index is 0.302. The molecule has 0 spiro atoms. The topological polar surface area (TPSA) is 54.6 Å². The second kappa shape index (κ2) is 5.69. The molecule has 1 aromatic heterocycles. The average Bonchev–Trinajstić information content (AvgIpc) is 2.74. The summed E-state index contributed by atoms with van der Waals surface area (Å²) in [5.41, 5.74) is 5.01. The van der Waals surface area contributed by atoms with Crippen LogP contribution in [0, 0.1) is 6.92 Å². The first-order valence-electron chi connectivity index (χ1n) is 6.45. The Bertz CT molecular complexity index is 626. The first-order chi connectivity index (χ1) is 9.13. The third-order valence-corrected chi connectivity index (χ3v) is 3.01. The summed E-state index contributed by atoms with van der Waals surface area (Å²) in [7, 11) is 0. The highest BCUT2D eigenvalue weighted by atomic mass is 16.3. The molecule has 100 valence electrons. The zero-order chi connectivity index (χ0) is 13.8. The van der Waals surface area contributed by atoms with E-state index in [0.717, 1.165) is 35.1 Å². The molecule has 1 aromatic carbocycles. The molecule has 0 bridgehead atoms. The molecule has 0 fully saturated rings. The summed E-state index contributed by atoms with van der Waals surface area (Å²) >= 11 is 0. The van der Waals surface area contributed by atoms with Gasteiger partial charge in [0.1, 0.15) is 5.58 Å². The zero-order valence-electron chi connectivity index (χ0n) is 11.5. The summed E-state index contributed by atoms with van der Waals surface area (Å²) in [5.74, 6) is 0.0263. The summed E-state index contributed by atoms with van der Waals surface area (Å²) in [4.78, 5) is 12.0. The van der Waals surface area contributed by atoms with Crippen molar-refractivity contribution in [3.05, 3.63) is 35.6 Å². The number of nitrogens with one attached hydrogen (secondary N) is 1. The van der Waals surface area contributed by atoms with Crippen molar-refractivity contribution < 1.29 is 9.21 Å². The van der Waals surface area contributed by atoms with Crippen LogP contribution in [0.3, 0.4) is 0 Å². The highest BCUT2D eigenvalue weighted by molar-refractivity contribution is 5.99. The van der Waals surface area contributed by atoms with Gasteiger partial charge in [-0.15, -0.1) is 0 Å². The Morgan fingerprint density at radius 2 is 2.11 bits per heavy atom. The van der Waals surface area contributed by atoms with E-state index >= 15 is 0 Å². The lowest BCUT2D eigenvalue weighted by Gasteiger charge is -2.00. The summed E-state index contributed by atoms with van der Waals surface area (Å²) in [6.07, 6.45) is 1.88. The van der Waals surface area contributed by atoms with Crippen LogP contribution < -0.4 is 5.43 Å². The Balaban J connectivity index is 2.22. The van der Waals surface area contributed by atoms with Crippen LogP contribution in [0.25, 0.3) is 11.0 Å². The van der Waals surface area contributed by atoms with Crippen LogP contribution in [0.5, 0.6) is 0 Å². The number of carbonyl (C=O) groups excluding carboxylic acids is 1. The van der Waals surface area contributed by atoms with E-state index in [-0.39, 0.29) is 5.91 Å². The maximum Gasteiger partial charge on any atom is 0.307 e. The van der Waals surface area contributed by atoms with E-state index in [4.69, 9.17) is 4.42 Å². The smallest absolute Gasteiger partial charge is 0.307 e. The van der Waals surface area contributed by atoms with Gasteiger partial charge in [-0.25, -0.2) is 5.43 Å². The van der Waals surface area contributed by atoms with Gasteiger partial charge >= 0.3 is 5.91 Å². The fraction of sp³-hybridized carbons (Fsp3) is 0.333. The van der Waals surface area contributed by atoms with E-state index in [0.29, 0.717) is 5.76 Å². The van der Waals surface area contributed by atoms with Crippen LogP contribution in [0.4, 0.5) is 0 Å². The largest absolute Gasteiger partial charge is 0.451 e. The standard InChI is InChI=1S/C15H18N2O2/c1-4-7-10(2)16-17-15(18)14-11(3)12-8-5-6-9-13(12)19-14/h5-6,8-9H,4,7H2,1-3H3,(H,17,18)/b16-10-. The van der Waals surface area contributed by atoms with Crippen molar-refractivity contribution in [3.63, 3.8) is 0 Å². The van der Waals surface area contributed by atoms with Gasteiger partial charge in [0.25, 0.3) is 0 Å². The molecule has 2 aromatic rings. The zero-order valence-corrected chi connectivity index (χ0v) is 11.5. The van der Waals surface area contributed by atoms with Crippen LogP contribution in [-0.2, 0) is 0 Å². The van der Waals surface area contributed by atoms with Crippen molar-refractivity contribution in [2.75, 3.05) is 0 Å². The number of fused-ring (bicyclic) bond motifs is 1. The molecule has 1 amide bonds. The predicted octanol–water partition coefficient (Wildman–Crippen LogP) is 3.65. The van der Waals surface area contributed by atoms with E-state index in [1.54, 1.807) is 0 Å². The molecule has 1 N–H and O–H groups in total. The third kappa shape index (κ3) is 2.84. The summed E-state index contributed by atoms with van der Waals surface area (Å²) in [5, 5.41) is 5.02. The van der Waals surface area contributed by atoms with Crippen molar-refractivity contribution in [1.29, 1.82) is 0 Å². The van der Waals surface area contributed by atoms with E-state index in [1.165, 1.54) is 0 Å². The third-order valence-electron chi connectivity index (χ3n) is 3.01. The highest BCUT2D eigenvalue weighted by Gasteiger charge is 2.16. The molecule has 0 aliphatic heterocycles. The fourth-order valence-corrected chi connectivity index (χ4v) is 2.01. The molecule has 0 aliphatic carbocycles. The number of aryl methyl sites for hydroxylation is 1. The Labute approximate surface area is 112 Å². The maximum absolute atomic E-state index is 12.0. The molecule has 1 heterocycles. The molecule has 0 saturated carbocycles. The van der Waals surface area contributed by atoms with Crippen LogP contribution in [-0.4, -0.2) is 11.6 Å². The number of para-hydroxylation sites is 1. The van der Waals surface area contributed by atoms with Gasteiger partial charge < -0.3 is 4.42 Å². The highest BCUT2D eigenvalue weighted by Crippen LogP contribution is 2.24. The quantitative estimate of drug-likeness (QED) is 0.672. The van der Waals surface area contributed by atoms with Crippen molar-refractivity contribution in [2.24, 2.45) is 5.10 Å². The van der Waals surface area contributed by atoms with Crippen molar-refractivity contribution in [3.8, 4) is 0 Å². The molecule has 4 heteroatoms. The number of benzene rings is 1. The molecule has 0 aliphatic rings. The summed E-state index contributed by atoms with van der Waals surface area (Å²) in [6.45, 7) is 5.85. The van der Waals surface area contributed by atoms with Gasteiger partial charge in [-0.2, -0.15) is 5.10 Å². The molecule has 2 rings (SSSR count). The number of hydrogen-bond acceptors (Lipinski definition) is 3. The SMILES string of the molecule is CCC/C(C)=N\NC(=O)c1oc2ccccc2c1C. The van der Waals surface area contributed by atoms with E-state index < -0.39 is 0 Å². The van der Waals surface area contributed by atoms with Gasteiger partial charge in [0.2, 0.25) is 0 Å². The maximum atomic E-state index is 12.0.